The summed E-state index contributed by atoms with van der Waals surface area (Å²) in [4.78, 5) is 13.2. The summed E-state index contributed by atoms with van der Waals surface area (Å²) in [5.74, 6) is 6.17. The van der Waals surface area contributed by atoms with Gasteiger partial charge in [-0.3, -0.25) is 9.35 Å². The van der Waals surface area contributed by atoms with Gasteiger partial charge in [0.15, 0.2) is 0 Å². The van der Waals surface area contributed by atoms with Gasteiger partial charge in [0.2, 0.25) is 11.3 Å². The fourth-order valence-electron chi connectivity index (χ4n) is 3.98. The van der Waals surface area contributed by atoms with E-state index in [9.17, 15) is 13.6 Å². The van der Waals surface area contributed by atoms with Crippen LogP contribution in [0.1, 0.15) is 24.5 Å². The predicted molar refractivity (Wildman–Crippen MR) is 126 cm³/mol. The van der Waals surface area contributed by atoms with Gasteiger partial charge in [-0.2, -0.15) is 0 Å². The molecular formula is C24H25N3O5S. The number of rotatable bonds is 6. The van der Waals surface area contributed by atoms with Crippen LogP contribution in [0.5, 0.6) is 0 Å². The zero-order valence-corrected chi connectivity index (χ0v) is 19.0. The Morgan fingerprint density at radius 1 is 1.12 bits per heavy atom. The van der Waals surface area contributed by atoms with E-state index in [1.54, 1.807) is 18.2 Å². The van der Waals surface area contributed by atoms with Gasteiger partial charge in [0.1, 0.15) is 5.76 Å². The standard InChI is InChI=1S/C24H25N3O5S/c1-18(15-24(28)29)27(33(30)31)26-12-10-25(11-13-26)22-8-6-19(7-9-22)4-5-20-16-21-3-2-14-32-23(21)17-20/h2-3,6-9,14,16-18H,10-13,15H2,1H3,(H,28,29)(H,30,31). The second-order valence-corrected chi connectivity index (χ2v) is 8.73. The molecule has 1 saturated heterocycles. The Balaban J connectivity index is 1.37. The number of carboxylic acids is 1. The maximum absolute atomic E-state index is 11.8. The molecule has 2 heterocycles. The average molecular weight is 468 g/mol. The summed E-state index contributed by atoms with van der Waals surface area (Å²) >= 11 is -2.27. The fraction of sp³-hybridized carbons (Fsp3) is 0.292. The molecule has 1 fully saturated rings. The Morgan fingerprint density at radius 2 is 1.82 bits per heavy atom. The van der Waals surface area contributed by atoms with Crippen LogP contribution in [0.3, 0.4) is 0 Å². The quantitative estimate of drug-likeness (QED) is 0.425. The summed E-state index contributed by atoms with van der Waals surface area (Å²) in [5.41, 5.74) is 3.89. The molecule has 8 nitrogen and oxygen atoms in total. The summed E-state index contributed by atoms with van der Waals surface area (Å²) in [6.45, 7) is 3.99. The van der Waals surface area contributed by atoms with Crippen LogP contribution in [0.25, 0.3) is 11.3 Å². The van der Waals surface area contributed by atoms with E-state index in [1.807, 2.05) is 48.5 Å². The van der Waals surface area contributed by atoms with E-state index in [-0.39, 0.29) is 6.42 Å². The second-order valence-electron chi connectivity index (χ2n) is 7.89. The number of fused-ring (bicyclic) bond motifs is 1. The monoisotopic (exact) mass is 467 g/mol. The largest absolute Gasteiger partial charge is 0.481 e. The van der Waals surface area contributed by atoms with E-state index >= 15 is 0 Å². The normalized spacial score (nSPS) is 16.4. The van der Waals surface area contributed by atoms with Crippen molar-refractivity contribution in [1.82, 2.24) is 9.42 Å². The highest BCUT2D eigenvalue weighted by atomic mass is 32.2. The van der Waals surface area contributed by atoms with Gasteiger partial charge in [-0.25, -0.2) is 9.22 Å². The summed E-state index contributed by atoms with van der Waals surface area (Å²) in [6, 6.07) is 15.2. The second kappa shape index (κ2) is 10.2. The first-order valence-corrected chi connectivity index (χ1v) is 11.7. The lowest BCUT2D eigenvalue weighted by Crippen LogP contribution is -2.57. The Hall–Kier alpha value is -3.16. The minimum absolute atomic E-state index is 0.204. The zero-order chi connectivity index (χ0) is 23.4. The minimum Gasteiger partial charge on any atom is -0.481 e. The summed E-state index contributed by atoms with van der Waals surface area (Å²) in [7, 11) is 0. The Labute approximate surface area is 195 Å². The van der Waals surface area contributed by atoms with Gasteiger partial charge in [-0.15, -0.1) is 4.41 Å². The number of hydrogen-bond acceptors (Lipinski definition) is 5. The Bertz CT molecular complexity index is 1130. The number of nitrogens with zero attached hydrogens (tertiary/aromatic N) is 3. The molecule has 172 valence electrons. The van der Waals surface area contributed by atoms with Gasteiger partial charge < -0.3 is 14.4 Å². The number of benzene rings is 1. The van der Waals surface area contributed by atoms with Crippen molar-refractivity contribution in [2.75, 3.05) is 31.1 Å². The van der Waals surface area contributed by atoms with Crippen LogP contribution in [0.4, 0.5) is 5.69 Å². The smallest absolute Gasteiger partial charge is 0.305 e. The number of aliphatic carboxylic acids is 1. The van der Waals surface area contributed by atoms with E-state index in [0.717, 1.165) is 28.1 Å². The van der Waals surface area contributed by atoms with Crippen molar-refractivity contribution in [3.8, 4) is 23.2 Å². The van der Waals surface area contributed by atoms with E-state index in [1.165, 1.54) is 4.41 Å². The highest BCUT2D eigenvalue weighted by Crippen LogP contribution is 2.25. The van der Waals surface area contributed by atoms with Gasteiger partial charge >= 0.3 is 5.97 Å². The molecule has 1 aliphatic carbocycles. The number of anilines is 1. The van der Waals surface area contributed by atoms with E-state index < -0.39 is 23.3 Å². The first kappa shape index (κ1) is 23.0. The van der Waals surface area contributed by atoms with Crippen molar-refractivity contribution in [2.24, 2.45) is 0 Å². The molecule has 0 amide bonds. The minimum atomic E-state index is -2.27. The topological polar surface area (TPSA) is 97.5 Å². The molecule has 2 unspecified atom stereocenters. The average Bonchev–Trinajstić information content (AvgIpc) is 3.21. The maximum Gasteiger partial charge on any atom is 0.305 e. The van der Waals surface area contributed by atoms with Crippen molar-refractivity contribution in [2.45, 2.75) is 19.4 Å². The number of hydrogen-bond donors (Lipinski definition) is 2. The van der Waals surface area contributed by atoms with Gasteiger partial charge in [0.05, 0.1) is 12.7 Å². The summed E-state index contributed by atoms with van der Waals surface area (Å²) in [5, 5.41) is 10.8. The number of carbonyl (C=O) groups is 1. The van der Waals surface area contributed by atoms with Crippen LogP contribution in [-0.2, 0) is 16.1 Å². The molecule has 2 aliphatic heterocycles. The molecule has 0 saturated carbocycles. The van der Waals surface area contributed by atoms with Gasteiger partial charge in [0, 0.05) is 54.6 Å². The number of piperazine rings is 1. The van der Waals surface area contributed by atoms with Crippen molar-refractivity contribution >= 4 is 22.9 Å². The molecule has 0 spiro atoms. The van der Waals surface area contributed by atoms with Crippen LogP contribution >= 0.6 is 0 Å². The molecule has 1 aromatic rings. The van der Waals surface area contributed by atoms with E-state index in [2.05, 4.69) is 16.7 Å². The van der Waals surface area contributed by atoms with Crippen LogP contribution < -0.4 is 4.90 Å². The SMILES string of the molecule is CC(CC(=O)O)N(N1CCN(c2ccc(C#Cc3cc4cccoc-4c3)cc2)CC1)S(=O)O. The van der Waals surface area contributed by atoms with E-state index in [4.69, 9.17) is 9.52 Å². The van der Waals surface area contributed by atoms with Crippen LogP contribution in [0.2, 0.25) is 0 Å². The lowest BCUT2D eigenvalue weighted by atomic mass is 10.1. The lowest BCUT2D eigenvalue weighted by Gasteiger charge is -2.41. The van der Waals surface area contributed by atoms with Crippen LogP contribution in [0, 0.1) is 11.8 Å². The van der Waals surface area contributed by atoms with E-state index in [0.29, 0.717) is 26.2 Å². The maximum atomic E-state index is 11.8. The molecule has 9 heteroatoms. The van der Waals surface area contributed by atoms with Crippen molar-refractivity contribution in [1.29, 1.82) is 0 Å². The fourth-order valence-corrected chi connectivity index (χ4v) is 4.72. The molecule has 4 rings (SSSR count). The van der Waals surface area contributed by atoms with Crippen molar-refractivity contribution in [3.05, 3.63) is 65.9 Å². The molecule has 0 radical (unpaired) electrons. The Kier molecular flexibility index (Phi) is 7.11. The van der Waals surface area contributed by atoms with Gasteiger partial charge in [-0.05, 0) is 55.5 Å². The van der Waals surface area contributed by atoms with Crippen molar-refractivity contribution < 1.29 is 23.1 Å². The molecule has 2 atom stereocenters. The molecule has 33 heavy (non-hydrogen) atoms. The summed E-state index contributed by atoms with van der Waals surface area (Å²) < 4.78 is 28.2. The van der Waals surface area contributed by atoms with Crippen molar-refractivity contribution in [3.63, 3.8) is 0 Å². The molecule has 3 aliphatic rings. The molecule has 0 aromatic heterocycles. The zero-order valence-electron chi connectivity index (χ0n) is 18.2. The predicted octanol–water partition coefficient (Wildman–Crippen LogP) is 3.12. The highest BCUT2D eigenvalue weighted by molar-refractivity contribution is 7.76. The van der Waals surface area contributed by atoms with Gasteiger partial charge in [0.25, 0.3) is 0 Å². The first-order valence-electron chi connectivity index (χ1n) is 10.6. The molecule has 2 N–H and O–H groups in total. The third-order valence-electron chi connectivity index (χ3n) is 5.56. The molecular weight excluding hydrogens is 442 g/mol. The molecule has 1 aromatic carbocycles. The van der Waals surface area contributed by atoms with Gasteiger partial charge in [-0.1, -0.05) is 11.8 Å². The highest BCUT2D eigenvalue weighted by Gasteiger charge is 2.30. The number of carboxylic acid groups (broad SMARTS) is 1. The van der Waals surface area contributed by atoms with Crippen LogP contribution in [0.15, 0.2) is 59.2 Å². The molecule has 0 bridgehead atoms. The summed E-state index contributed by atoms with van der Waals surface area (Å²) in [6.07, 6.45) is 1.44. The number of hydrazine groups is 1. The third-order valence-corrected chi connectivity index (χ3v) is 6.47. The van der Waals surface area contributed by atoms with Crippen LogP contribution in [-0.4, -0.2) is 61.5 Å². The third kappa shape index (κ3) is 5.61. The Morgan fingerprint density at radius 3 is 2.45 bits per heavy atom. The lowest BCUT2D eigenvalue weighted by molar-refractivity contribution is -0.139. The first-order chi connectivity index (χ1) is 15.9.